The minimum atomic E-state index is -0.363. The summed E-state index contributed by atoms with van der Waals surface area (Å²) in [5.41, 5.74) is 0. The third kappa shape index (κ3) is 4.25. The molecule has 0 aliphatic heterocycles. The molecule has 1 nitrogen and oxygen atoms in total. The summed E-state index contributed by atoms with van der Waals surface area (Å²) in [6.45, 7) is 0. The van der Waals surface area contributed by atoms with Crippen LogP contribution < -0.4 is 0 Å². The molecule has 1 rings (SSSR count). The summed E-state index contributed by atoms with van der Waals surface area (Å²) in [6, 6.07) is 0. The first-order valence-corrected chi connectivity index (χ1v) is 4.56. The van der Waals surface area contributed by atoms with Crippen molar-refractivity contribution < 1.29 is 5.11 Å². The lowest BCUT2D eigenvalue weighted by Crippen LogP contribution is -1.78. The van der Waals surface area contributed by atoms with Gasteiger partial charge in [-0.2, -0.15) is 0 Å². The van der Waals surface area contributed by atoms with Crippen LogP contribution in [0.1, 0.15) is 0 Å². The molecule has 0 unspecified atom stereocenters. The molecule has 15 heavy (non-hydrogen) atoms. The topological polar surface area (TPSA) is 20.2 Å². The number of halogens is 8. The standard InChI is InChI=1S/C6HCl5O.3ClH/c7-1-2(8)4(10)6(12)5(11)3(1)9;;;/h12H;3*1H. The van der Waals surface area contributed by atoms with Crippen molar-refractivity contribution >= 4 is 95.2 Å². The van der Waals surface area contributed by atoms with Crippen molar-refractivity contribution in [2.45, 2.75) is 0 Å². The monoisotopic (exact) mass is 372 g/mol. The highest BCUT2D eigenvalue weighted by atomic mass is 35.5. The van der Waals surface area contributed by atoms with Crippen LogP contribution in [0.2, 0.25) is 25.1 Å². The second kappa shape index (κ2) is 8.43. The highest BCUT2D eigenvalue weighted by Gasteiger charge is 2.17. The van der Waals surface area contributed by atoms with Crippen LogP contribution in [0.4, 0.5) is 0 Å². The number of rotatable bonds is 0. The second-order valence-electron chi connectivity index (χ2n) is 1.92. The van der Waals surface area contributed by atoms with Crippen LogP contribution in [0.5, 0.6) is 5.75 Å². The fraction of sp³-hybridized carbons (Fsp3) is 0. The maximum Gasteiger partial charge on any atom is 0.155 e. The molecular formula is C6H4Cl8O. The van der Waals surface area contributed by atoms with E-state index < -0.39 is 0 Å². The van der Waals surface area contributed by atoms with Gasteiger partial charge in [0.2, 0.25) is 0 Å². The molecule has 90 valence electrons. The van der Waals surface area contributed by atoms with Crippen molar-refractivity contribution in [3.63, 3.8) is 0 Å². The van der Waals surface area contributed by atoms with E-state index >= 15 is 0 Å². The van der Waals surface area contributed by atoms with Gasteiger partial charge in [0, 0.05) is 0 Å². The van der Waals surface area contributed by atoms with E-state index in [-0.39, 0.29) is 68.1 Å². The summed E-state index contributed by atoms with van der Waals surface area (Å²) in [7, 11) is 0. The molecule has 1 aromatic carbocycles. The number of hydrogen-bond donors (Lipinski definition) is 1. The average Bonchev–Trinajstić information content (AvgIpc) is 2.08. The smallest absolute Gasteiger partial charge is 0.155 e. The Morgan fingerprint density at radius 3 is 1.00 bits per heavy atom. The van der Waals surface area contributed by atoms with Crippen molar-refractivity contribution in [2.24, 2.45) is 0 Å². The first-order chi connectivity index (χ1) is 5.46. The van der Waals surface area contributed by atoms with Crippen LogP contribution in [0, 0.1) is 0 Å². The molecule has 0 fully saturated rings. The van der Waals surface area contributed by atoms with Gasteiger partial charge in [-0.25, -0.2) is 0 Å². The van der Waals surface area contributed by atoms with Crippen molar-refractivity contribution in [2.75, 3.05) is 0 Å². The molecule has 9 heteroatoms. The average molecular weight is 376 g/mol. The fourth-order valence-corrected chi connectivity index (χ4v) is 1.72. The minimum Gasteiger partial charge on any atom is -0.505 e. The summed E-state index contributed by atoms with van der Waals surface area (Å²) in [5, 5.41) is 9.01. The summed E-state index contributed by atoms with van der Waals surface area (Å²) >= 11 is 27.9. The van der Waals surface area contributed by atoms with Crippen LogP contribution in [-0.2, 0) is 0 Å². The predicted molar refractivity (Wildman–Crippen MR) is 74.9 cm³/mol. The molecule has 0 amide bonds. The van der Waals surface area contributed by atoms with E-state index in [0.29, 0.717) is 0 Å². The molecule has 0 saturated heterocycles. The number of benzene rings is 1. The van der Waals surface area contributed by atoms with E-state index in [2.05, 4.69) is 0 Å². The molecule has 0 radical (unpaired) electrons. The van der Waals surface area contributed by atoms with Crippen LogP contribution in [0.25, 0.3) is 0 Å². The fourth-order valence-electron chi connectivity index (χ4n) is 0.593. The molecular weight excluding hydrogens is 372 g/mol. The minimum absolute atomic E-state index is 0. The largest absolute Gasteiger partial charge is 0.505 e. The first-order valence-electron chi connectivity index (χ1n) is 2.67. The maximum absolute atomic E-state index is 9.20. The SMILES string of the molecule is Cl.Cl.Cl.Oc1c(Cl)c(Cl)c(Cl)c(Cl)c1Cl. The number of phenolic OH excluding ortho intramolecular Hbond substituents is 1. The van der Waals surface area contributed by atoms with Gasteiger partial charge in [0.1, 0.15) is 10.0 Å². The van der Waals surface area contributed by atoms with Crippen molar-refractivity contribution in [1.82, 2.24) is 0 Å². The normalized spacial score (nSPS) is 8.33. The van der Waals surface area contributed by atoms with Crippen molar-refractivity contribution in [3.8, 4) is 5.75 Å². The van der Waals surface area contributed by atoms with Gasteiger partial charge in [-0.3, -0.25) is 0 Å². The lowest BCUT2D eigenvalue weighted by atomic mass is 10.3. The van der Waals surface area contributed by atoms with Gasteiger partial charge in [0.25, 0.3) is 0 Å². The lowest BCUT2D eigenvalue weighted by Gasteiger charge is -2.06. The lowest BCUT2D eigenvalue weighted by molar-refractivity contribution is 0.476. The molecule has 0 spiro atoms. The Labute approximate surface area is 130 Å². The zero-order valence-corrected chi connectivity index (χ0v) is 12.8. The highest BCUT2D eigenvalue weighted by Crippen LogP contribution is 2.47. The number of phenols is 1. The Balaban J connectivity index is -0.000000480. The zero-order chi connectivity index (χ0) is 9.46. The van der Waals surface area contributed by atoms with Crippen LogP contribution in [0.15, 0.2) is 0 Å². The van der Waals surface area contributed by atoms with Gasteiger partial charge < -0.3 is 5.11 Å². The van der Waals surface area contributed by atoms with Crippen molar-refractivity contribution in [3.05, 3.63) is 25.1 Å². The van der Waals surface area contributed by atoms with Crippen LogP contribution >= 0.6 is 95.2 Å². The molecule has 0 saturated carbocycles. The summed E-state index contributed by atoms with van der Waals surface area (Å²) in [6.07, 6.45) is 0. The highest BCUT2D eigenvalue weighted by molar-refractivity contribution is 6.55. The predicted octanol–water partition coefficient (Wildman–Crippen LogP) is 5.92. The van der Waals surface area contributed by atoms with E-state index in [1.807, 2.05) is 0 Å². The molecule has 0 aliphatic rings. The number of hydrogen-bond acceptors (Lipinski definition) is 1. The van der Waals surface area contributed by atoms with E-state index in [1.54, 1.807) is 0 Å². The van der Waals surface area contributed by atoms with Gasteiger partial charge in [0.05, 0.1) is 15.1 Å². The Kier molecular flexibility index (Phi) is 12.1. The van der Waals surface area contributed by atoms with Gasteiger partial charge in [-0.15, -0.1) is 37.2 Å². The Morgan fingerprint density at radius 2 is 0.733 bits per heavy atom. The van der Waals surface area contributed by atoms with Crippen molar-refractivity contribution in [1.29, 1.82) is 0 Å². The molecule has 0 bridgehead atoms. The first kappa shape index (κ1) is 21.6. The maximum atomic E-state index is 9.20. The van der Waals surface area contributed by atoms with Crippen LogP contribution in [-0.4, -0.2) is 5.11 Å². The third-order valence-electron chi connectivity index (χ3n) is 1.19. The number of aromatic hydroxyl groups is 1. The van der Waals surface area contributed by atoms with E-state index in [0.717, 1.165) is 0 Å². The molecule has 1 aromatic rings. The van der Waals surface area contributed by atoms with E-state index in [9.17, 15) is 5.11 Å². The van der Waals surface area contributed by atoms with E-state index in [1.165, 1.54) is 0 Å². The molecule has 0 atom stereocenters. The van der Waals surface area contributed by atoms with Gasteiger partial charge in [-0.1, -0.05) is 58.0 Å². The summed E-state index contributed by atoms with van der Waals surface area (Å²) in [4.78, 5) is 0. The van der Waals surface area contributed by atoms with Gasteiger partial charge in [-0.05, 0) is 0 Å². The molecule has 0 aliphatic carbocycles. The third-order valence-corrected chi connectivity index (χ3v) is 3.44. The Bertz CT molecular complexity index is 233. The van der Waals surface area contributed by atoms with Gasteiger partial charge in [0.15, 0.2) is 5.75 Å². The summed E-state index contributed by atoms with van der Waals surface area (Å²) in [5.74, 6) is -0.363. The molecule has 1 N–H and O–H groups in total. The van der Waals surface area contributed by atoms with Gasteiger partial charge >= 0.3 is 0 Å². The van der Waals surface area contributed by atoms with Crippen LogP contribution in [0.3, 0.4) is 0 Å². The Hall–Kier alpha value is 1.34. The Morgan fingerprint density at radius 1 is 0.533 bits per heavy atom. The molecule has 0 aromatic heterocycles. The molecule has 0 heterocycles. The second-order valence-corrected chi connectivity index (χ2v) is 3.81. The van der Waals surface area contributed by atoms with E-state index in [4.69, 9.17) is 58.0 Å². The zero-order valence-electron chi connectivity index (χ0n) is 6.56. The summed E-state index contributed by atoms with van der Waals surface area (Å²) < 4.78 is 0. The quantitative estimate of drug-likeness (QED) is 0.440.